The minimum absolute atomic E-state index is 0.00517. The van der Waals surface area contributed by atoms with Gasteiger partial charge in [0.25, 0.3) is 11.6 Å². The number of anilines is 1. The van der Waals surface area contributed by atoms with E-state index in [1.165, 1.54) is 18.2 Å². The van der Waals surface area contributed by atoms with Gasteiger partial charge in [0.1, 0.15) is 11.5 Å². The smallest absolute Gasteiger partial charge is 0.338 e. The Labute approximate surface area is 165 Å². The predicted octanol–water partition coefficient (Wildman–Crippen LogP) is 4.18. The lowest BCUT2D eigenvalue weighted by Gasteiger charge is -2.08. The average Bonchev–Trinajstić information content (AvgIpc) is 2.74. The minimum atomic E-state index is -0.824. The van der Waals surface area contributed by atoms with Crippen molar-refractivity contribution in [3.05, 3.63) is 94.5 Å². The van der Waals surface area contributed by atoms with Gasteiger partial charge in [-0.2, -0.15) is 0 Å². The Bertz CT molecular complexity index is 1020. The van der Waals surface area contributed by atoms with Crippen LogP contribution in [0.4, 0.5) is 11.4 Å². The Kier molecular flexibility index (Phi) is 6.16. The lowest BCUT2D eigenvalue weighted by Crippen LogP contribution is -2.20. The van der Waals surface area contributed by atoms with E-state index >= 15 is 0 Å². The highest BCUT2D eigenvalue weighted by Crippen LogP contribution is 2.22. The molecule has 8 nitrogen and oxygen atoms in total. The van der Waals surface area contributed by atoms with Crippen LogP contribution < -0.4 is 10.1 Å². The van der Waals surface area contributed by atoms with E-state index in [4.69, 9.17) is 9.47 Å². The number of ether oxygens (including phenoxy) is 2. The first kappa shape index (κ1) is 19.6. The number of nitro benzene ring substituents is 1. The number of nitrogens with zero attached hydrogens (tertiary/aromatic N) is 1. The minimum Gasteiger partial charge on any atom is -0.457 e. The fraction of sp³-hybridized carbons (Fsp3) is 0.0476. The molecular formula is C21H16N2O6. The van der Waals surface area contributed by atoms with Crippen LogP contribution in [0.15, 0.2) is 78.9 Å². The van der Waals surface area contributed by atoms with Gasteiger partial charge < -0.3 is 14.8 Å². The Balaban J connectivity index is 1.51. The van der Waals surface area contributed by atoms with Gasteiger partial charge in [-0.25, -0.2) is 4.79 Å². The zero-order chi connectivity index (χ0) is 20.6. The highest BCUT2D eigenvalue weighted by molar-refractivity contribution is 5.95. The molecule has 0 bridgehead atoms. The molecule has 146 valence electrons. The zero-order valence-electron chi connectivity index (χ0n) is 15.1. The monoisotopic (exact) mass is 392 g/mol. The summed E-state index contributed by atoms with van der Waals surface area (Å²) in [5, 5.41) is 13.3. The third-order valence-electron chi connectivity index (χ3n) is 3.74. The van der Waals surface area contributed by atoms with Crippen LogP contribution in [-0.2, 0) is 9.53 Å². The molecule has 1 N–H and O–H groups in total. The molecule has 0 radical (unpaired) electrons. The first-order chi connectivity index (χ1) is 14.0. The molecule has 0 aromatic heterocycles. The first-order valence-corrected chi connectivity index (χ1v) is 8.56. The Morgan fingerprint density at radius 1 is 0.897 bits per heavy atom. The first-order valence-electron chi connectivity index (χ1n) is 8.56. The van der Waals surface area contributed by atoms with Gasteiger partial charge in [0.15, 0.2) is 6.61 Å². The van der Waals surface area contributed by atoms with Crippen LogP contribution in [0.3, 0.4) is 0 Å². The maximum Gasteiger partial charge on any atom is 0.338 e. The highest BCUT2D eigenvalue weighted by Gasteiger charge is 2.14. The summed E-state index contributed by atoms with van der Waals surface area (Å²) >= 11 is 0. The number of esters is 1. The number of para-hydroxylation sites is 1. The van der Waals surface area contributed by atoms with Crippen molar-refractivity contribution in [3.63, 3.8) is 0 Å². The van der Waals surface area contributed by atoms with Crippen LogP contribution in [0, 0.1) is 10.1 Å². The average molecular weight is 392 g/mol. The molecule has 0 fully saturated rings. The molecule has 0 heterocycles. The summed E-state index contributed by atoms with van der Waals surface area (Å²) in [6.07, 6.45) is 0. The zero-order valence-corrected chi connectivity index (χ0v) is 15.1. The molecule has 0 atom stereocenters. The Morgan fingerprint density at radius 2 is 1.59 bits per heavy atom. The van der Waals surface area contributed by atoms with Crippen LogP contribution in [0.2, 0.25) is 0 Å². The molecule has 3 aromatic carbocycles. The van der Waals surface area contributed by atoms with Gasteiger partial charge >= 0.3 is 5.97 Å². The number of hydrogen-bond acceptors (Lipinski definition) is 6. The van der Waals surface area contributed by atoms with Gasteiger partial charge in [0, 0.05) is 17.8 Å². The molecule has 29 heavy (non-hydrogen) atoms. The molecule has 0 spiro atoms. The SMILES string of the molecule is O=C(COC(=O)c1cccc([N+](=O)[O-])c1)Nc1ccc(Oc2ccccc2)cc1. The van der Waals surface area contributed by atoms with Gasteiger partial charge in [0.2, 0.25) is 0 Å². The van der Waals surface area contributed by atoms with Gasteiger partial charge in [0.05, 0.1) is 10.5 Å². The normalized spacial score (nSPS) is 10.1. The molecule has 0 aliphatic heterocycles. The van der Waals surface area contributed by atoms with Crippen LogP contribution in [0.5, 0.6) is 11.5 Å². The lowest BCUT2D eigenvalue weighted by molar-refractivity contribution is -0.384. The highest BCUT2D eigenvalue weighted by atomic mass is 16.6. The van der Waals surface area contributed by atoms with Crippen molar-refractivity contribution in [1.29, 1.82) is 0 Å². The maximum absolute atomic E-state index is 12.0. The number of amides is 1. The topological polar surface area (TPSA) is 108 Å². The van der Waals surface area contributed by atoms with E-state index in [-0.39, 0.29) is 11.3 Å². The molecule has 3 rings (SSSR count). The second kappa shape index (κ2) is 9.14. The van der Waals surface area contributed by atoms with Crippen LogP contribution in [0.1, 0.15) is 10.4 Å². The van der Waals surface area contributed by atoms with E-state index in [0.717, 1.165) is 6.07 Å². The van der Waals surface area contributed by atoms with Crippen molar-refractivity contribution in [1.82, 2.24) is 0 Å². The number of benzene rings is 3. The summed E-state index contributed by atoms with van der Waals surface area (Å²) in [4.78, 5) is 34.1. The summed E-state index contributed by atoms with van der Waals surface area (Å²) < 4.78 is 10.6. The predicted molar refractivity (Wildman–Crippen MR) is 105 cm³/mol. The van der Waals surface area contributed by atoms with Gasteiger partial charge in [-0.15, -0.1) is 0 Å². The number of rotatable bonds is 7. The van der Waals surface area contributed by atoms with E-state index in [9.17, 15) is 19.7 Å². The van der Waals surface area contributed by atoms with Gasteiger partial charge in [-0.05, 0) is 42.5 Å². The Hall–Kier alpha value is -4.20. The summed E-state index contributed by atoms with van der Waals surface area (Å²) in [5.41, 5.74) is 0.262. The third kappa shape index (κ3) is 5.64. The standard InChI is InChI=1S/C21H16N2O6/c24-20(14-28-21(25)15-5-4-6-17(13-15)23(26)27)22-16-9-11-19(12-10-16)29-18-7-2-1-3-8-18/h1-13H,14H2,(H,22,24). The van der Waals surface area contributed by atoms with Crippen molar-refractivity contribution in [3.8, 4) is 11.5 Å². The summed E-state index contributed by atoms with van der Waals surface area (Å²) in [7, 11) is 0. The van der Waals surface area contributed by atoms with E-state index < -0.39 is 23.4 Å². The Morgan fingerprint density at radius 3 is 2.28 bits per heavy atom. The van der Waals surface area contributed by atoms with Crippen molar-refractivity contribution < 1.29 is 24.0 Å². The molecule has 0 aliphatic rings. The molecule has 0 saturated heterocycles. The summed E-state index contributed by atoms with van der Waals surface area (Å²) in [6, 6.07) is 21.0. The van der Waals surface area contributed by atoms with E-state index in [1.807, 2.05) is 30.3 Å². The third-order valence-corrected chi connectivity index (χ3v) is 3.74. The van der Waals surface area contributed by atoms with E-state index in [0.29, 0.717) is 17.2 Å². The van der Waals surface area contributed by atoms with Crippen LogP contribution >= 0.6 is 0 Å². The molecular weight excluding hydrogens is 376 g/mol. The second-order valence-electron chi connectivity index (χ2n) is 5.87. The number of carbonyl (C=O) groups excluding carboxylic acids is 2. The molecule has 8 heteroatoms. The van der Waals surface area contributed by atoms with Gasteiger partial charge in [-0.3, -0.25) is 14.9 Å². The van der Waals surface area contributed by atoms with E-state index in [2.05, 4.69) is 5.32 Å². The fourth-order valence-corrected chi connectivity index (χ4v) is 2.39. The lowest BCUT2D eigenvalue weighted by atomic mass is 10.2. The number of non-ortho nitro benzene ring substituents is 1. The second-order valence-corrected chi connectivity index (χ2v) is 5.87. The summed E-state index contributed by atoms with van der Waals surface area (Å²) in [5.74, 6) is -0.0698. The quantitative estimate of drug-likeness (QED) is 0.367. The van der Waals surface area contributed by atoms with Crippen molar-refractivity contribution >= 4 is 23.3 Å². The molecule has 1 amide bonds. The molecule has 0 saturated carbocycles. The van der Waals surface area contributed by atoms with Crippen LogP contribution in [0.25, 0.3) is 0 Å². The summed E-state index contributed by atoms with van der Waals surface area (Å²) in [6.45, 7) is -0.524. The number of nitrogens with one attached hydrogen (secondary N) is 1. The molecule has 3 aromatic rings. The number of hydrogen-bond donors (Lipinski definition) is 1. The number of carbonyl (C=O) groups is 2. The molecule has 0 aliphatic carbocycles. The van der Waals surface area contributed by atoms with Crippen molar-refractivity contribution in [2.24, 2.45) is 0 Å². The van der Waals surface area contributed by atoms with Crippen molar-refractivity contribution in [2.45, 2.75) is 0 Å². The maximum atomic E-state index is 12.0. The van der Waals surface area contributed by atoms with Crippen molar-refractivity contribution in [2.75, 3.05) is 11.9 Å². The van der Waals surface area contributed by atoms with Crippen LogP contribution in [-0.4, -0.2) is 23.4 Å². The number of nitro groups is 1. The molecule has 0 unspecified atom stereocenters. The fourth-order valence-electron chi connectivity index (χ4n) is 2.39. The van der Waals surface area contributed by atoms with Gasteiger partial charge in [-0.1, -0.05) is 24.3 Å². The van der Waals surface area contributed by atoms with E-state index in [1.54, 1.807) is 24.3 Å². The largest absolute Gasteiger partial charge is 0.457 e.